The molecule has 106 valence electrons. The summed E-state index contributed by atoms with van der Waals surface area (Å²) in [5, 5.41) is 0. The van der Waals surface area contributed by atoms with Crippen LogP contribution in [0, 0.1) is 0 Å². The molecular weight excluding hydrogens is 267 g/mol. The molecule has 0 bridgehead atoms. The van der Waals surface area contributed by atoms with Gasteiger partial charge in [-0.25, -0.2) is 4.98 Å². The van der Waals surface area contributed by atoms with Crippen molar-refractivity contribution in [2.75, 3.05) is 0 Å². The third kappa shape index (κ3) is 3.50. The normalized spacial score (nSPS) is 11.4. The van der Waals surface area contributed by atoms with Crippen LogP contribution < -0.4 is 4.74 Å². The Kier molecular flexibility index (Phi) is 4.27. The lowest BCUT2D eigenvalue weighted by Gasteiger charge is -2.10. The summed E-state index contributed by atoms with van der Waals surface area (Å²) in [5.41, 5.74) is 0.985. The number of nitrogens with zero attached hydrogens (tertiary/aromatic N) is 1. The zero-order chi connectivity index (χ0) is 14.6. The highest BCUT2D eigenvalue weighted by molar-refractivity contribution is 5.27. The van der Waals surface area contributed by atoms with Gasteiger partial charge in [-0.15, -0.1) is 0 Å². The molecule has 5 heteroatoms. The lowest BCUT2D eigenvalue weighted by Crippen LogP contribution is -2.05. The third-order valence-electron chi connectivity index (χ3n) is 2.89. The largest absolute Gasteiger partial charge is 0.473 e. The Labute approximate surface area is 115 Å². The standard InChI is InChI=1S/C15H14F3NO/c1-2-12-4-3-9-19-14(12)20-10-11-5-7-13(8-6-11)15(16,17)18/h3-9H,2,10H2,1H3. The predicted molar refractivity (Wildman–Crippen MR) is 69.4 cm³/mol. The lowest BCUT2D eigenvalue weighted by atomic mass is 10.1. The van der Waals surface area contributed by atoms with E-state index in [-0.39, 0.29) is 6.61 Å². The molecule has 2 rings (SSSR count). The van der Waals surface area contributed by atoms with E-state index in [0.29, 0.717) is 11.4 Å². The van der Waals surface area contributed by atoms with Crippen LogP contribution in [0.15, 0.2) is 42.6 Å². The SMILES string of the molecule is CCc1cccnc1OCc1ccc(C(F)(F)F)cc1. The summed E-state index contributed by atoms with van der Waals surface area (Å²) in [7, 11) is 0. The van der Waals surface area contributed by atoms with Gasteiger partial charge in [-0.1, -0.05) is 25.1 Å². The van der Waals surface area contributed by atoms with Crippen LogP contribution in [0.2, 0.25) is 0 Å². The zero-order valence-electron chi connectivity index (χ0n) is 10.9. The molecule has 0 spiro atoms. The molecule has 0 saturated heterocycles. The monoisotopic (exact) mass is 281 g/mol. The van der Waals surface area contributed by atoms with E-state index in [9.17, 15) is 13.2 Å². The van der Waals surface area contributed by atoms with Gasteiger partial charge in [0.05, 0.1) is 5.56 Å². The molecule has 0 unspecified atom stereocenters. The maximum absolute atomic E-state index is 12.4. The molecule has 2 nitrogen and oxygen atoms in total. The van der Waals surface area contributed by atoms with E-state index in [1.54, 1.807) is 6.20 Å². The van der Waals surface area contributed by atoms with E-state index < -0.39 is 11.7 Å². The van der Waals surface area contributed by atoms with Crippen molar-refractivity contribution >= 4 is 0 Å². The maximum Gasteiger partial charge on any atom is 0.416 e. The molecule has 0 radical (unpaired) electrons. The topological polar surface area (TPSA) is 22.1 Å². The molecule has 2 aromatic rings. The van der Waals surface area contributed by atoms with Crippen LogP contribution in [0.25, 0.3) is 0 Å². The fourth-order valence-corrected chi connectivity index (χ4v) is 1.76. The van der Waals surface area contributed by atoms with E-state index in [4.69, 9.17) is 4.74 Å². The van der Waals surface area contributed by atoms with Gasteiger partial charge in [-0.05, 0) is 30.2 Å². The minimum atomic E-state index is -4.31. The molecule has 1 aromatic heterocycles. The van der Waals surface area contributed by atoms with Gasteiger partial charge in [0, 0.05) is 11.8 Å². The summed E-state index contributed by atoms with van der Waals surface area (Å²) < 4.78 is 42.8. The first-order valence-corrected chi connectivity index (χ1v) is 6.23. The molecule has 0 fully saturated rings. The van der Waals surface area contributed by atoms with Gasteiger partial charge < -0.3 is 4.74 Å². The fourth-order valence-electron chi connectivity index (χ4n) is 1.76. The van der Waals surface area contributed by atoms with Crippen molar-refractivity contribution in [3.63, 3.8) is 0 Å². The number of alkyl halides is 3. The average molecular weight is 281 g/mol. The molecule has 1 aromatic carbocycles. The first-order valence-electron chi connectivity index (χ1n) is 6.23. The summed E-state index contributed by atoms with van der Waals surface area (Å²) in [6, 6.07) is 8.67. The third-order valence-corrected chi connectivity index (χ3v) is 2.89. The second-order valence-corrected chi connectivity index (χ2v) is 4.30. The van der Waals surface area contributed by atoms with Crippen molar-refractivity contribution in [3.8, 4) is 5.88 Å². The van der Waals surface area contributed by atoms with Gasteiger partial charge in [0.15, 0.2) is 0 Å². The highest BCUT2D eigenvalue weighted by atomic mass is 19.4. The molecule has 20 heavy (non-hydrogen) atoms. The van der Waals surface area contributed by atoms with Crippen LogP contribution in [0.5, 0.6) is 5.88 Å². The van der Waals surface area contributed by atoms with Crippen LogP contribution in [0.3, 0.4) is 0 Å². The number of hydrogen-bond acceptors (Lipinski definition) is 2. The Balaban J connectivity index is 2.04. The van der Waals surface area contributed by atoms with E-state index in [1.807, 2.05) is 19.1 Å². The zero-order valence-corrected chi connectivity index (χ0v) is 10.9. The maximum atomic E-state index is 12.4. The first-order chi connectivity index (χ1) is 9.50. The number of hydrogen-bond donors (Lipinski definition) is 0. The smallest absolute Gasteiger partial charge is 0.416 e. The molecule has 0 aliphatic rings. The van der Waals surface area contributed by atoms with E-state index >= 15 is 0 Å². The number of aromatic nitrogens is 1. The van der Waals surface area contributed by atoms with Gasteiger partial charge in [-0.3, -0.25) is 0 Å². The molecule has 0 N–H and O–H groups in total. The van der Waals surface area contributed by atoms with Crippen LogP contribution in [0.1, 0.15) is 23.6 Å². The first kappa shape index (κ1) is 14.4. The minimum absolute atomic E-state index is 0.197. The molecule has 0 atom stereocenters. The molecular formula is C15H14F3NO. The van der Waals surface area contributed by atoms with Gasteiger partial charge in [0.2, 0.25) is 5.88 Å². The van der Waals surface area contributed by atoms with Crippen LogP contribution in [0.4, 0.5) is 13.2 Å². The second kappa shape index (κ2) is 5.94. The quantitative estimate of drug-likeness (QED) is 0.836. The van der Waals surface area contributed by atoms with Crippen molar-refractivity contribution in [2.45, 2.75) is 26.1 Å². The Morgan fingerprint density at radius 3 is 2.40 bits per heavy atom. The summed E-state index contributed by atoms with van der Waals surface area (Å²) in [5.74, 6) is 0.523. The highest BCUT2D eigenvalue weighted by Gasteiger charge is 2.29. The number of aryl methyl sites for hydroxylation is 1. The number of halogens is 3. The van der Waals surface area contributed by atoms with E-state index in [1.165, 1.54) is 12.1 Å². The molecule has 0 aliphatic carbocycles. The summed E-state index contributed by atoms with van der Waals surface area (Å²) in [6.45, 7) is 2.18. The number of ether oxygens (including phenoxy) is 1. The second-order valence-electron chi connectivity index (χ2n) is 4.30. The average Bonchev–Trinajstić information content (AvgIpc) is 2.45. The highest BCUT2D eigenvalue weighted by Crippen LogP contribution is 2.29. The van der Waals surface area contributed by atoms with Crippen LogP contribution >= 0.6 is 0 Å². The van der Waals surface area contributed by atoms with Crippen LogP contribution in [-0.4, -0.2) is 4.98 Å². The van der Waals surface area contributed by atoms with Crippen LogP contribution in [-0.2, 0) is 19.2 Å². The van der Waals surface area contributed by atoms with Gasteiger partial charge in [0.1, 0.15) is 6.61 Å². The van der Waals surface area contributed by atoms with Crippen molar-refractivity contribution in [1.29, 1.82) is 0 Å². The van der Waals surface area contributed by atoms with Crippen molar-refractivity contribution in [2.24, 2.45) is 0 Å². The fraction of sp³-hybridized carbons (Fsp3) is 0.267. The van der Waals surface area contributed by atoms with Crippen molar-refractivity contribution < 1.29 is 17.9 Å². The minimum Gasteiger partial charge on any atom is -0.473 e. The van der Waals surface area contributed by atoms with Gasteiger partial charge in [0.25, 0.3) is 0 Å². The van der Waals surface area contributed by atoms with Gasteiger partial charge >= 0.3 is 6.18 Å². The Morgan fingerprint density at radius 1 is 1.10 bits per heavy atom. The molecule has 0 aliphatic heterocycles. The number of benzene rings is 1. The molecule has 0 saturated carbocycles. The number of rotatable bonds is 4. The Morgan fingerprint density at radius 2 is 1.80 bits per heavy atom. The van der Waals surface area contributed by atoms with Gasteiger partial charge in [-0.2, -0.15) is 13.2 Å². The molecule has 1 heterocycles. The van der Waals surface area contributed by atoms with E-state index in [0.717, 1.165) is 24.1 Å². The molecule has 0 amide bonds. The van der Waals surface area contributed by atoms with Crippen molar-refractivity contribution in [3.05, 3.63) is 59.3 Å². The Hall–Kier alpha value is -2.04. The number of pyridine rings is 1. The van der Waals surface area contributed by atoms with Crippen molar-refractivity contribution in [1.82, 2.24) is 4.98 Å². The lowest BCUT2D eigenvalue weighted by molar-refractivity contribution is -0.137. The summed E-state index contributed by atoms with van der Waals surface area (Å²) >= 11 is 0. The Bertz CT molecular complexity index is 564. The van der Waals surface area contributed by atoms with E-state index in [2.05, 4.69) is 4.98 Å². The summed E-state index contributed by atoms with van der Waals surface area (Å²) in [6.07, 6.45) is -1.90. The predicted octanol–water partition coefficient (Wildman–Crippen LogP) is 4.24. The summed E-state index contributed by atoms with van der Waals surface area (Å²) in [4.78, 5) is 4.12.